The molecule has 0 aliphatic rings. The molecule has 0 radical (unpaired) electrons. The lowest BCUT2D eigenvalue weighted by atomic mass is 10.1. The molecule has 0 amide bonds. The summed E-state index contributed by atoms with van der Waals surface area (Å²) in [4.78, 5) is 0. The van der Waals surface area contributed by atoms with E-state index in [-0.39, 0.29) is 4.70 Å². The third-order valence-corrected chi connectivity index (χ3v) is 4.34. The second kappa shape index (κ2) is 18.0. The molecular formula is C21H44FN. The van der Waals surface area contributed by atoms with Crippen molar-refractivity contribution in [2.45, 2.75) is 96.8 Å². The summed E-state index contributed by atoms with van der Waals surface area (Å²) in [5, 5.41) is 0. The van der Waals surface area contributed by atoms with Gasteiger partial charge in [-0.25, -0.2) is 0 Å². The molecule has 0 saturated heterocycles. The molecule has 0 heterocycles. The van der Waals surface area contributed by atoms with Gasteiger partial charge in [0.1, 0.15) is 0 Å². The Bertz CT molecular complexity index is 243. The van der Waals surface area contributed by atoms with Crippen molar-refractivity contribution in [1.29, 1.82) is 0 Å². The maximum absolute atomic E-state index is 2.42. The molecule has 0 rings (SSSR count). The lowest BCUT2D eigenvalue weighted by molar-refractivity contribution is -0.870. The zero-order chi connectivity index (χ0) is 16.5. The number of unbranched alkanes of at least 4 members (excludes halogenated alkanes) is 12. The van der Waals surface area contributed by atoms with Gasteiger partial charge < -0.3 is 9.19 Å². The summed E-state index contributed by atoms with van der Waals surface area (Å²) in [6.45, 7) is 3.61. The summed E-state index contributed by atoms with van der Waals surface area (Å²) in [5.41, 5.74) is 0. The quantitative estimate of drug-likeness (QED) is 0.230. The number of hydrogen-bond donors (Lipinski definition) is 0. The normalized spacial score (nSPS) is 11.8. The molecule has 0 bridgehead atoms. The monoisotopic (exact) mass is 329 g/mol. The van der Waals surface area contributed by atoms with Gasteiger partial charge >= 0.3 is 0 Å². The summed E-state index contributed by atoms with van der Waals surface area (Å²) in [7, 11) is 6.87. The van der Waals surface area contributed by atoms with Gasteiger partial charge in [-0.3, -0.25) is 0 Å². The van der Waals surface area contributed by atoms with Gasteiger partial charge in [0.25, 0.3) is 0 Å². The van der Waals surface area contributed by atoms with Crippen LogP contribution in [-0.2, 0) is 0 Å². The molecule has 0 spiro atoms. The predicted octanol–water partition coefficient (Wildman–Crippen LogP) is 3.73. The summed E-state index contributed by atoms with van der Waals surface area (Å²) >= 11 is 0. The Morgan fingerprint density at radius 3 is 1.39 bits per heavy atom. The highest BCUT2D eigenvalue weighted by Gasteiger charge is 2.04. The molecule has 0 aromatic carbocycles. The molecule has 1 nitrogen and oxygen atoms in total. The summed E-state index contributed by atoms with van der Waals surface area (Å²) in [6.07, 6.45) is 24.4. The highest BCUT2D eigenvalue weighted by Crippen LogP contribution is 2.10. The maximum Gasteiger partial charge on any atom is 0.0780 e. The minimum atomic E-state index is 0. The van der Waals surface area contributed by atoms with E-state index in [0.29, 0.717) is 0 Å². The van der Waals surface area contributed by atoms with Gasteiger partial charge in [0, 0.05) is 0 Å². The van der Waals surface area contributed by atoms with Crippen LogP contribution < -0.4 is 4.70 Å². The first-order chi connectivity index (χ1) is 10.6. The van der Waals surface area contributed by atoms with Crippen molar-refractivity contribution >= 4 is 0 Å². The average Bonchev–Trinajstić information content (AvgIpc) is 2.45. The lowest BCUT2D eigenvalue weighted by Gasteiger charge is -2.23. The maximum atomic E-state index is 2.42. The van der Waals surface area contributed by atoms with Gasteiger partial charge in [-0.05, 0) is 38.5 Å². The largest absolute Gasteiger partial charge is 1.00 e. The fraction of sp³-hybridized carbons (Fsp3) is 0.905. The van der Waals surface area contributed by atoms with Crippen molar-refractivity contribution in [3.8, 4) is 0 Å². The minimum Gasteiger partial charge on any atom is -1.00 e. The topological polar surface area (TPSA) is 0 Å². The molecule has 0 aromatic rings. The third-order valence-electron chi connectivity index (χ3n) is 4.34. The fourth-order valence-electron chi connectivity index (χ4n) is 2.83. The molecule has 0 fully saturated rings. The van der Waals surface area contributed by atoms with E-state index in [1.807, 2.05) is 0 Å². The number of halogens is 1. The lowest BCUT2D eigenvalue weighted by Crippen LogP contribution is -3.00. The van der Waals surface area contributed by atoms with Crippen molar-refractivity contribution in [3.63, 3.8) is 0 Å². The van der Waals surface area contributed by atoms with Crippen LogP contribution in [0.5, 0.6) is 0 Å². The van der Waals surface area contributed by atoms with Crippen LogP contribution in [0.1, 0.15) is 96.8 Å². The van der Waals surface area contributed by atoms with Gasteiger partial charge in [0.05, 0.1) is 27.7 Å². The van der Waals surface area contributed by atoms with Crippen LogP contribution in [0.2, 0.25) is 0 Å². The Hall–Kier alpha value is -0.370. The molecule has 0 unspecified atom stereocenters. The standard InChI is InChI=1S/C21H44N.FH/c1-5-6-7-8-9-10-11-12-13-14-15-16-17-18-19-20-21-22(2,3)4;/h12-13H,5-11,14-21H2,1-4H3;1H/q+1;/p-1/b13-12-;. The first-order valence-electron chi connectivity index (χ1n) is 10.0. The molecule has 0 aliphatic carbocycles. The zero-order valence-electron chi connectivity index (χ0n) is 16.6. The van der Waals surface area contributed by atoms with Crippen LogP contribution >= 0.6 is 0 Å². The molecule has 23 heavy (non-hydrogen) atoms. The summed E-state index contributed by atoms with van der Waals surface area (Å²) < 4.78 is 1.11. The summed E-state index contributed by atoms with van der Waals surface area (Å²) in [5.74, 6) is 0. The van der Waals surface area contributed by atoms with Crippen LogP contribution in [-0.4, -0.2) is 32.2 Å². The Morgan fingerprint density at radius 1 is 0.565 bits per heavy atom. The van der Waals surface area contributed by atoms with Crippen molar-refractivity contribution in [2.24, 2.45) is 0 Å². The Labute approximate surface area is 146 Å². The number of rotatable bonds is 16. The predicted molar refractivity (Wildman–Crippen MR) is 102 cm³/mol. The molecule has 140 valence electrons. The first kappa shape index (κ1) is 24.9. The minimum absolute atomic E-state index is 0. The molecule has 2 heteroatoms. The molecular weight excluding hydrogens is 285 g/mol. The highest BCUT2D eigenvalue weighted by atomic mass is 19.0. The van der Waals surface area contributed by atoms with Crippen LogP contribution in [0.4, 0.5) is 0 Å². The second-order valence-electron chi connectivity index (χ2n) is 7.95. The Morgan fingerprint density at radius 2 is 0.957 bits per heavy atom. The van der Waals surface area contributed by atoms with Gasteiger partial charge in [0.2, 0.25) is 0 Å². The molecule has 0 aromatic heterocycles. The molecule has 0 aliphatic heterocycles. The fourth-order valence-corrected chi connectivity index (χ4v) is 2.83. The van der Waals surface area contributed by atoms with E-state index < -0.39 is 0 Å². The van der Waals surface area contributed by atoms with Crippen LogP contribution in [0.25, 0.3) is 0 Å². The van der Waals surface area contributed by atoms with Gasteiger partial charge in [-0.1, -0.05) is 70.4 Å². The smallest absolute Gasteiger partial charge is 0.0780 e. The van der Waals surface area contributed by atoms with Crippen molar-refractivity contribution < 1.29 is 9.19 Å². The van der Waals surface area contributed by atoms with Gasteiger partial charge in [-0.2, -0.15) is 0 Å². The van der Waals surface area contributed by atoms with Crippen LogP contribution in [0.15, 0.2) is 12.2 Å². The second-order valence-corrected chi connectivity index (χ2v) is 7.95. The van der Waals surface area contributed by atoms with E-state index in [2.05, 4.69) is 40.2 Å². The van der Waals surface area contributed by atoms with Gasteiger partial charge in [0.15, 0.2) is 0 Å². The van der Waals surface area contributed by atoms with E-state index in [1.165, 1.54) is 96.4 Å². The zero-order valence-corrected chi connectivity index (χ0v) is 16.6. The summed E-state index contributed by atoms with van der Waals surface area (Å²) in [6, 6.07) is 0. The SMILES string of the molecule is CCCCCCCC/C=C\CCCCCCCC[N+](C)(C)C.[F-]. The van der Waals surface area contributed by atoms with Crippen LogP contribution in [0.3, 0.4) is 0 Å². The van der Waals surface area contributed by atoms with Crippen LogP contribution in [0, 0.1) is 0 Å². The first-order valence-corrected chi connectivity index (χ1v) is 10.0. The Kier molecular flexibility index (Phi) is 19.4. The highest BCUT2D eigenvalue weighted by molar-refractivity contribution is 4.81. The molecule has 0 atom stereocenters. The Balaban J connectivity index is 0. The third kappa shape index (κ3) is 24.0. The van der Waals surface area contributed by atoms with Crippen molar-refractivity contribution in [3.05, 3.63) is 12.2 Å². The van der Waals surface area contributed by atoms with Crippen molar-refractivity contribution in [1.82, 2.24) is 0 Å². The van der Waals surface area contributed by atoms with E-state index >= 15 is 0 Å². The average molecular weight is 330 g/mol. The number of nitrogens with zero attached hydrogens (tertiary/aromatic N) is 1. The van der Waals surface area contributed by atoms with E-state index in [9.17, 15) is 0 Å². The van der Waals surface area contributed by atoms with Gasteiger partial charge in [-0.15, -0.1) is 0 Å². The van der Waals surface area contributed by atoms with Crippen molar-refractivity contribution in [2.75, 3.05) is 27.7 Å². The number of quaternary nitrogens is 1. The van der Waals surface area contributed by atoms with E-state index in [4.69, 9.17) is 0 Å². The number of allylic oxidation sites excluding steroid dienone is 2. The van der Waals surface area contributed by atoms with E-state index in [1.54, 1.807) is 0 Å². The number of hydrogen-bond acceptors (Lipinski definition) is 0. The van der Waals surface area contributed by atoms with E-state index in [0.717, 1.165) is 4.48 Å². The molecule has 0 N–H and O–H groups in total. The molecule has 0 saturated carbocycles.